The third-order valence-corrected chi connectivity index (χ3v) is 4.45. The van der Waals surface area contributed by atoms with Gasteiger partial charge in [-0.3, -0.25) is 4.90 Å². The molecule has 0 spiro atoms. The molecule has 1 aliphatic heterocycles. The summed E-state index contributed by atoms with van der Waals surface area (Å²) in [7, 11) is 0. The van der Waals surface area contributed by atoms with Crippen LogP contribution in [0, 0.1) is 5.82 Å². The highest BCUT2D eigenvalue weighted by Gasteiger charge is 2.25. The van der Waals surface area contributed by atoms with Crippen LogP contribution < -0.4 is 5.32 Å². The van der Waals surface area contributed by atoms with Crippen LogP contribution in [-0.2, 0) is 0 Å². The maximum Gasteiger partial charge on any atom is 0.129 e. The number of halogens is 4. The number of unbranched alkanes of at least 4 members (excludes halogenated alkanes) is 1. The van der Waals surface area contributed by atoms with E-state index in [1.807, 2.05) is 6.07 Å². The lowest BCUT2D eigenvalue weighted by atomic mass is 9.98. The average molecular weight is 402 g/mol. The van der Waals surface area contributed by atoms with Gasteiger partial charge in [0.25, 0.3) is 0 Å². The van der Waals surface area contributed by atoms with Gasteiger partial charge in [-0.15, -0.1) is 24.8 Å². The fourth-order valence-corrected chi connectivity index (χ4v) is 3.34. The van der Waals surface area contributed by atoms with Crippen molar-refractivity contribution in [2.45, 2.75) is 32.2 Å². The van der Waals surface area contributed by atoms with Crippen molar-refractivity contribution in [3.8, 4) is 0 Å². The summed E-state index contributed by atoms with van der Waals surface area (Å²) in [4.78, 5) is 2.41. The Kier molecular flexibility index (Phi) is 10.9. The molecule has 0 amide bonds. The summed E-state index contributed by atoms with van der Waals surface area (Å²) in [5, 5.41) is 3.36. The van der Waals surface area contributed by atoms with E-state index in [0.29, 0.717) is 0 Å². The third kappa shape index (κ3) is 5.68. The molecule has 0 saturated carbocycles. The summed E-state index contributed by atoms with van der Waals surface area (Å²) in [6.07, 6.45) is 3.31. The van der Waals surface area contributed by atoms with E-state index in [1.165, 1.54) is 0 Å². The molecular weight excluding hydrogens is 378 g/mol. The van der Waals surface area contributed by atoms with Crippen molar-refractivity contribution in [2.75, 3.05) is 26.2 Å². The number of rotatable bonds is 5. The molecule has 1 atom stereocenters. The maximum absolute atomic E-state index is 14.2. The van der Waals surface area contributed by atoms with E-state index in [2.05, 4.69) is 33.1 Å². The summed E-state index contributed by atoms with van der Waals surface area (Å²) < 4.78 is 15.1. The third-order valence-electron chi connectivity index (χ3n) is 3.76. The number of hydrogen-bond acceptors (Lipinski definition) is 2. The van der Waals surface area contributed by atoms with Crippen LogP contribution in [0.15, 0.2) is 22.7 Å². The minimum atomic E-state index is -0.0889. The minimum absolute atomic E-state index is 0. The smallest absolute Gasteiger partial charge is 0.129 e. The largest absolute Gasteiger partial charge is 0.314 e. The lowest BCUT2D eigenvalue weighted by Gasteiger charge is -2.36. The Labute approximate surface area is 147 Å². The monoisotopic (exact) mass is 400 g/mol. The Morgan fingerprint density at radius 3 is 2.52 bits per heavy atom. The Morgan fingerprint density at radius 1 is 1.29 bits per heavy atom. The fourth-order valence-electron chi connectivity index (χ4n) is 2.73. The second-order valence-electron chi connectivity index (χ2n) is 5.08. The van der Waals surface area contributed by atoms with Crippen molar-refractivity contribution in [3.63, 3.8) is 0 Å². The molecule has 1 aromatic carbocycles. The molecule has 0 bridgehead atoms. The van der Waals surface area contributed by atoms with E-state index in [4.69, 9.17) is 0 Å². The van der Waals surface area contributed by atoms with Crippen molar-refractivity contribution in [2.24, 2.45) is 0 Å². The SMILES string of the molecule is CCCC[C@@H](c1c(F)cccc1Br)N1CCNCC1.Cl.Cl. The Bertz CT molecular complexity index is 394. The molecular formula is C15H24BrCl2FN2. The highest BCUT2D eigenvalue weighted by Crippen LogP contribution is 2.33. The van der Waals surface area contributed by atoms with Crippen LogP contribution in [0.25, 0.3) is 0 Å². The Balaban J connectivity index is 0.00000200. The summed E-state index contributed by atoms with van der Waals surface area (Å²) in [5.41, 5.74) is 0.831. The first kappa shape index (κ1) is 21.1. The molecule has 2 nitrogen and oxygen atoms in total. The second-order valence-corrected chi connectivity index (χ2v) is 5.93. The Hall–Kier alpha value is 0.130. The quantitative estimate of drug-likeness (QED) is 0.777. The van der Waals surface area contributed by atoms with E-state index in [0.717, 1.165) is 55.5 Å². The fraction of sp³-hybridized carbons (Fsp3) is 0.600. The van der Waals surface area contributed by atoms with Gasteiger partial charge in [0.1, 0.15) is 5.82 Å². The summed E-state index contributed by atoms with van der Waals surface area (Å²) in [6, 6.07) is 5.47. The molecule has 1 fully saturated rings. The van der Waals surface area contributed by atoms with Gasteiger partial charge in [-0.25, -0.2) is 4.39 Å². The van der Waals surface area contributed by atoms with Gasteiger partial charge in [0.2, 0.25) is 0 Å². The van der Waals surface area contributed by atoms with Gasteiger partial charge in [-0.05, 0) is 18.6 Å². The van der Waals surface area contributed by atoms with Gasteiger partial charge in [0, 0.05) is 42.3 Å². The molecule has 0 radical (unpaired) electrons. The molecule has 1 aliphatic rings. The number of nitrogens with one attached hydrogen (secondary N) is 1. The maximum atomic E-state index is 14.2. The topological polar surface area (TPSA) is 15.3 Å². The summed E-state index contributed by atoms with van der Waals surface area (Å²) in [5.74, 6) is -0.0889. The molecule has 1 N–H and O–H groups in total. The first-order valence-corrected chi connectivity index (χ1v) is 7.92. The van der Waals surface area contributed by atoms with Crippen molar-refractivity contribution >= 4 is 40.7 Å². The zero-order valence-corrected chi connectivity index (χ0v) is 15.5. The van der Waals surface area contributed by atoms with Crippen LogP contribution in [-0.4, -0.2) is 31.1 Å². The van der Waals surface area contributed by atoms with Crippen molar-refractivity contribution < 1.29 is 4.39 Å². The van der Waals surface area contributed by atoms with Crippen molar-refractivity contribution in [1.29, 1.82) is 0 Å². The number of benzene rings is 1. The molecule has 1 saturated heterocycles. The number of piperazine rings is 1. The van der Waals surface area contributed by atoms with Crippen molar-refractivity contribution in [3.05, 3.63) is 34.1 Å². The van der Waals surface area contributed by atoms with Gasteiger partial charge >= 0.3 is 0 Å². The van der Waals surface area contributed by atoms with E-state index in [-0.39, 0.29) is 36.7 Å². The molecule has 0 aliphatic carbocycles. The highest BCUT2D eigenvalue weighted by atomic mass is 79.9. The van der Waals surface area contributed by atoms with Gasteiger partial charge in [-0.2, -0.15) is 0 Å². The molecule has 1 aromatic rings. The second kappa shape index (κ2) is 10.8. The van der Waals surface area contributed by atoms with Crippen LogP contribution in [0.5, 0.6) is 0 Å². The highest BCUT2D eigenvalue weighted by molar-refractivity contribution is 9.10. The standard InChI is InChI=1S/C15H22BrFN2.2ClH/c1-2-3-7-14(19-10-8-18-9-11-19)15-12(16)5-4-6-13(15)17;;/h4-6,14,18H,2-3,7-11H2,1H3;2*1H/t14-;;/m0../s1. The van der Waals surface area contributed by atoms with E-state index in [9.17, 15) is 4.39 Å². The molecule has 2 rings (SSSR count). The van der Waals surface area contributed by atoms with Crippen LogP contribution in [0.3, 0.4) is 0 Å². The first-order chi connectivity index (χ1) is 9.24. The Morgan fingerprint density at radius 2 is 1.95 bits per heavy atom. The summed E-state index contributed by atoms with van der Waals surface area (Å²) >= 11 is 3.52. The normalized spacial score (nSPS) is 16.7. The van der Waals surface area contributed by atoms with Gasteiger partial charge in [0.05, 0.1) is 0 Å². The van der Waals surface area contributed by atoms with Crippen molar-refractivity contribution in [1.82, 2.24) is 10.2 Å². The number of hydrogen-bond donors (Lipinski definition) is 1. The predicted octanol–water partition coefficient (Wildman–Crippen LogP) is 4.57. The molecule has 1 heterocycles. The van der Waals surface area contributed by atoms with E-state index >= 15 is 0 Å². The molecule has 0 aromatic heterocycles. The van der Waals surface area contributed by atoms with Gasteiger partial charge in [0.15, 0.2) is 0 Å². The lowest BCUT2D eigenvalue weighted by Crippen LogP contribution is -2.45. The van der Waals surface area contributed by atoms with Crippen LogP contribution in [0.4, 0.5) is 4.39 Å². The lowest BCUT2D eigenvalue weighted by molar-refractivity contribution is 0.159. The van der Waals surface area contributed by atoms with Crippen LogP contribution in [0.2, 0.25) is 0 Å². The molecule has 122 valence electrons. The van der Waals surface area contributed by atoms with Crippen LogP contribution in [0.1, 0.15) is 37.8 Å². The van der Waals surface area contributed by atoms with E-state index in [1.54, 1.807) is 12.1 Å². The van der Waals surface area contributed by atoms with Gasteiger partial charge < -0.3 is 5.32 Å². The number of nitrogens with zero attached hydrogens (tertiary/aromatic N) is 1. The zero-order chi connectivity index (χ0) is 13.7. The molecule has 0 unspecified atom stereocenters. The van der Waals surface area contributed by atoms with Gasteiger partial charge in [-0.1, -0.05) is 41.8 Å². The zero-order valence-electron chi connectivity index (χ0n) is 12.3. The van der Waals surface area contributed by atoms with Crippen LogP contribution >= 0.6 is 40.7 Å². The average Bonchev–Trinajstić information content (AvgIpc) is 2.43. The molecule has 21 heavy (non-hydrogen) atoms. The minimum Gasteiger partial charge on any atom is -0.314 e. The molecule has 6 heteroatoms. The predicted molar refractivity (Wildman–Crippen MR) is 95.3 cm³/mol. The first-order valence-electron chi connectivity index (χ1n) is 7.12. The van der Waals surface area contributed by atoms with E-state index < -0.39 is 0 Å². The summed E-state index contributed by atoms with van der Waals surface area (Å²) in [6.45, 7) is 6.17.